The van der Waals surface area contributed by atoms with Gasteiger partial charge in [-0.3, -0.25) is 0 Å². The molecule has 0 heterocycles. The smallest absolute Gasteiger partial charge is 0.0338 e. The normalized spacial score (nSPS) is 12.5. The number of nitrogens with two attached hydrogens (primary N) is 1. The molecule has 0 aliphatic heterocycles. The maximum Gasteiger partial charge on any atom is 0.0338 e. The van der Waals surface area contributed by atoms with E-state index in [9.17, 15) is 0 Å². The van der Waals surface area contributed by atoms with E-state index in [0.29, 0.717) is 0 Å². The first-order chi connectivity index (χ1) is 9.38. The Morgan fingerprint density at radius 1 is 0.800 bits per heavy atom. The van der Waals surface area contributed by atoms with Crippen molar-refractivity contribution >= 4 is 0 Å². The number of benzene rings is 2. The molecule has 0 aliphatic carbocycles. The second kappa shape index (κ2) is 5.80. The van der Waals surface area contributed by atoms with Crippen molar-refractivity contribution in [2.45, 2.75) is 47.1 Å². The molecule has 0 saturated carbocycles. The third-order valence-corrected chi connectivity index (χ3v) is 4.10. The van der Waals surface area contributed by atoms with Crippen LogP contribution in [0.2, 0.25) is 0 Å². The third kappa shape index (κ3) is 3.10. The molecule has 0 fully saturated rings. The first kappa shape index (κ1) is 14.8. The summed E-state index contributed by atoms with van der Waals surface area (Å²) in [6.07, 6.45) is 0.905. The number of rotatable bonds is 3. The monoisotopic (exact) mass is 267 g/mol. The van der Waals surface area contributed by atoms with Crippen LogP contribution in [-0.4, -0.2) is 0 Å². The largest absolute Gasteiger partial charge is 0.324 e. The molecule has 0 aromatic heterocycles. The van der Waals surface area contributed by atoms with Crippen molar-refractivity contribution in [2.75, 3.05) is 0 Å². The number of aryl methyl sites for hydroxylation is 5. The van der Waals surface area contributed by atoms with Gasteiger partial charge in [-0.25, -0.2) is 0 Å². The highest BCUT2D eigenvalue weighted by molar-refractivity contribution is 5.40. The maximum absolute atomic E-state index is 6.47. The van der Waals surface area contributed by atoms with E-state index < -0.39 is 0 Å². The highest BCUT2D eigenvalue weighted by Gasteiger charge is 2.13. The van der Waals surface area contributed by atoms with Gasteiger partial charge in [0.2, 0.25) is 0 Å². The second-order valence-corrected chi connectivity index (χ2v) is 6.05. The van der Waals surface area contributed by atoms with Crippen LogP contribution in [-0.2, 0) is 6.42 Å². The fourth-order valence-corrected chi connectivity index (χ4v) is 3.02. The first-order valence-electron chi connectivity index (χ1n) is 7.28. The van der Waals surface area contributed by atoms with Crippen LogP contribution in [0.15, 0.2) is 30.3 Å². The maximum atomic E-state index is 6.47. The minimum absolute atomic E-state index is 0.0648. The predicted molar refractivity (Wildman–Crippen MR) is 87.2 cm³/mol. The van der Waals surface area contributed by atoms with E-state index in [1.165, 1.54) is 38.9 Å². The summed E-state index contributed by atoms with van der Waals surface area (Å²) >= 11 is 0. The van der Waals surface area contributed by atoms with Gasteiger partial charge in [-0.2, -0.15) is 0 Å². The van der Waals surface area contributed by atoms with E-state index >= 15 is 0 Å². The van der Waals surface area contributed by atoms with Crippen molar-refractivity contribution in [1.82, 2.24) is 0 Å². The molecule has 1 atom stereocenters. The quantitative estimate of drug-likeness (QED) is 0.872. The molecule has 1 heteroatoms. The van der Waals surface area contributed by atoms with Crippen LogP contribution in [0, 0.1) is 34.6 Å². The Morgan fingerprint density at radius 3 is 2.00 bits per heavy atom. The van der Waals surface area contributed by atoms with Crippen LogP contribution in [0.3, 0.4) is 0 Å². The zero-order valence-corrected chi connectivity index (χ0v) is 13.2. The lowest BCUT2D eigenvalue weighted by molar-refractivity contribution is 0.709. The van der Waals surface area contributed by atoms with Crippen molar-refractivity contribution in [2.24, 2.45) is 5.73 Å². The van der Waals surface area contributed by atoms with Gasteiger partial charge < -0.3 is 5.73 Å². The molecule has 0 spiro atoms. The van der Waals surface area contributed by atoms with E-state index in [-0.39, 0.29) is 6.04 Å². The zero-order valence-electron chi connectivity index (χ0n) is 13.2. The zero-order chi connectivity index (χ0) is 14.9. The standard InChI is InChI=1S/C19H25N/c1-12-6-7-14(3)18(10-12)19(20)11-17-15(4)8-13(2)9-16(17)5/h6-10,19H,11,20H2,1-5H3. The first-order valence-corrected chi connectivity index (χ1v) is 7.28. The molecule has 20 heavy (non-hydrogen) atoms. The van der Waals surface area contributed by atoms with Crippen molar-refractivity contribution in [3.63, 3.8) is 0 Å². The summed E-state index contributed by atoms with van der Waals surface area (Å²) in [5.74, 6) is 0. The average Bonchev–Trinajstić information content (AvgIpc) is 2.36. The Labute approximate surface area is 122 Å². The van der Waals surface area contributed by atoms with Crippen molar-refractivity contribution in [3.05, 3.63) is 69.3 Å². The molecule has 0 aliphatic rings. The van der Waals surface area contributed by atoms with Gasteiger partial charge in [-0.15, -0.1) is 0 Å². The third-order valence-electron chi connectivity index (χ3n) is 4.10. The van der Waals surface area contributed by atoms with Gasteiger partial charge in [0.25, 0.3) is 0 Å². The average molecular weight is 267 g/mol. The number of hydrogen-bond acceptors (Lipinski definition) is 1. The van der Waals surface area contributed by atoms with Gasteiger partial charge in [-0.1, -0.05) is 41.5 Å². The molecule has 2 rings (SSSR count). The summed E-state index contributed by atoms with van der Waals surface area (Å²) in [5.41, 5.74) is 15.7. The lowest BCUT2D eigenvalue weighted by Gasteiger charge is -2.19. The Kier molecular flexibility index (Phi) is 4.29. The predicted octanol–water partition coefficient (Wildman–Crippen LogP) is 4.47. The van der Waals surface area contributed by atoms with Crippen LogP contribution < -0.4 is 5.73 Å². The van der Waals surface area contributed by atoms with Crippen LogP contribution in [0.25, 0.3) is 0 Å². The van der Waals surface area contributed by atoms with Crippen molar-refractivity contribution in [1.29, 1.82) is 0 Å². The van der Waals surface area contributed by atoms with Crippen LogP contribution in [0.4, 0.5) is 0 Å². The van der Waals surface area contributed by atoms with Gasteiger partial charge in [0.05, 0.1) is 0 Å². The molecule has 0 saturated heterocycles. The van der Waals surface area contributed by atoms with Crippen molar-refractivity contribution in [3.8, 4) is 0 Å². The van der Waals surface area contributed by atoms with Gasteiger partial charge in [-0.05, 0) is 68.9 Å². The molecule has 0 radical (unpaired) electrons. The van der Waals surface area contributed by atoms with E-state index in [1.54, 1.807) is 0 Å². The SMILES string of the molecule is Cc1cc(C)c(CC(N)c2cc(C)ccc2C)c(C)c1. The lowest BCUT2D eigenvalue weighted by Crippen LogP contribution is -2.16. The van der Waals surface area contributed by atoms with Crippen LogP contribution >= 0.6 is 0 Å². The minimum atomic E-state index is 0.0648. The molecular formula is C19H25N. The molecule has 2 aromatic rings. The molecule has 1 nitrogen and oxygen atoms in total. The van der Waals surface area contributed by atoms with E-state index in [2.05, 4.69) is 65.0 Å². The molecule has 1 unspecified atom stereocenters. The van der Waals surface area contributed by atoms with E-state index in [0.717, 1.165) is 6.42 Å². The topological polar surface area (TPSA) is 26.0 Å². The fraction of sp³-hybridized carbons (Fsp3) is 0.368. The summed E-state index contributed by atoms with van der Waals surface area (Å²) in [7, 11) is 0. The second-order valence-electron chi connectivity index (χ2n) is 6.05. The Bertz CT molecular complexity index is 603. The fourth-order valence-electron chi connectivity index (χ4n) is 3.02. The highest BCUT2D eigenvalue weighted by atomic mass is 14.6. The molecule has 106 valence electrons. The summed E-state index contributed by atoms with van der Waals surface area (Å²) < 4.78 is 0. The molecule has 0 bridgehead atoms. The van der Waals surface area contributed by atoms with Gasteiger partial charge >= 0.3 is 0 Å². The van der Waals surface area contributed by atoms with Gasteiger partial charge in [0.15, 0.2) is 0 Å². The summed E-state index contributed by atoms with van der Waals surface area (Å²) in [4.78, 5) is 0. The Morgan fingerprint density at radius 2 is 1.40 bits per heavy atom. The summed E-state index contributed by atoms with van der Waals surface area (Å²) in [6, 6.07) is 11.1. The van der Waals surface area contributed by atoms with Gasteiger partial charge in [0, 0.05) is 6.04 Å². The van der Waals surface area contributed by atoms with E-state index in [4.69, 9.17) is 5.73 Å². The lowest BCUT2D eigenvalue weighted by atomic mass is 9.90. The minimum Gasteiger partial charge on any atom is -0.324 e. The Balaban J connectivity index is 2.32. The Hall–Kier alpha value is -1.60. The summed E-state index contributed by atoms with van der Waals surface area (Å²) in [5, 5.41) is 0. The molecular weight excluding hydrogens is 242 g/mol. The molecule has 0 amide bonds. The van der Waals surface area contributed by atoms with Crippen LogP contribution in [0.5, 0.6) is 0 Å². The van der Waals surface area contributed by atoms with Crippen LogP contribution in [0.1, 0.15) is 45.0 Å². The summed E-state index contributed by atoms with van der Waals surface area (Å²) in [6.45, 7) is 10.8. The molecule has 2 aromatic carbocycles. The van der Waals surface area contributed by atoms with Crippen molar-refractivity contribution < 1.29 is 0 Å². The van der Waals surface area contributed by atoms with E-state index in [1.807, 2.05) is 0 Å². The highest BCUT2D eigenvalue weighted by Crippen LogP contribution is 2.25. The molecule has 2 N–H and O–H groups in total. The number of hydrogen-bond donors (Lipinski definition) is 1. The van der Waals surface area contributed by atoms with Gasteiger partial charge in [0.1, 0.15) is 0 Å².